The van der Waals surface area contributed by atoms with Crippen molar-refractivity contribution in [2.75, 3.05) is 7.11 Å². The molecule has 3 rings (SSSR count). The SMILES string of the molecule is CCCC1CCC(C2CCC(C(=O)OC3CCC(C(=O)OC)CC3)CC2)CC1. The van der Waals surface area contributed by atoms with E-state index in [0.717, 1.165) is 56.3 Å². The molecule has 0 aliphatic heterocycles. The number of methoxy groups -OCH3 is 1. The average molecular weight is 393 g/mol. The molecule has 160 valence electrons. The summed E-state index contributed by atoms with van der Waals surface area (Å²) in [7, 11) is 1.45. The second-order valence-corrected chi connectivity index (χ2v) is 9.61. The third-order valence-electron chi connectivity index (χ3n) is 7.85. The largest absolute Gasteiger partial charge is 0.469 e. The van der Waals surface area contributed by atoms with Gasteiger partial charge in [0.1, 0.15) is 6.10 Å². The molecule has 0 N–H and O–H groups in total. The lowest BCUT2D eigenvalue weighted by Crippen LogP contribution is -2.33. The van der Waals surface area contributed by atoms with Gasteiger partial charge in [-0.25, -0.2) is 0 Å². The van der Waals surface area contributed by atoms with Gasteiger partial charge in [0.15, 0.2) is 0 Å². The highest BCUT2D eigenvalue weighted by atomic mass is 16.5. The van der Waals surface area contributed by atoms with Crippen molar-refractivity contribution in [1.29, 1.82) is 0 Å². The molecule has 0 spiro atoms. The smallest absolute Gasteiger partial charge is 0.309 e. The van der Waals surface area contributed by atoms with Gasteiger partial charge in [-0.05, 0) is 82.0 Å². The van der Waals surface area contributed by atoms with E-state index in [-0.39, 0.29) is 29.9 Å². The van der Waals surface area contributed by atoms with Gasteiger partial charge in [-0.3, -0.25) is 9.59 Å². The minimum Gasteiger partial charge on any atom is -0.469 e. The Morgan fingerprint density at radius 1 is 0.714 bits per heavy atom. The van der Waals surface area contributed by atoms with E-state index in [2.05, 4.69) is 6.92 Å². The summed E-state index contributed by atoms with van der Waals surface area (Å²) in [5.41, 5.74) is 0. The first-order valence-corrected chi connectivity index (χ1v) is 11.9. The lowest BCUT2D eigenvalue weighted by atomic mass is 9.69. The number of hydrogen-bond acceptors (Lipinski definition) is 4. The summed E-state index contributed by atoms with van der Waals surface area (Å²) in [6.07, 6.45) is 16.0. The predicted octanol–water partition coefficient (Wildman–Crippen LogP) is 5.67. The maximum absolute atomic E-state index is 12.6. The third kappa shape index (κ3) is 5.73. The van der Waals surface area contributed by atoms with Crippen LogP contribution in [0.4, 0.5) is 0 Å². The molecule has 0 aromatic rings. The quantitative estimate of drug-likeness (QED) is 0.546. The molecule has 0 aromatic heterocycles. The fraction of sp³-hybridized carbons (Fsp3) is 0.917. The molecular weight excluding hydrogens is 352 g/mol. The van der Waals surface area contributed by atoms with E-state index in [4.69, 9.17) is 9.47 Å². The molecule has 28 heavy (non-hydrogen) atoms. The summed E-state index contributed by atoms with van der Waals surface area (Å²) in [6, 6.07) is 0. The van der Waals surface area contributed by atoms with Crippen molar-refractivity contribution in [1.82, 2.24) is 0 Å². The minimum atomic E-state index is -0.119. The molecule has 0 atom stereocenters. The number of hydrogen-bond donors (Lipinski definition) is 0. The van der Waals surface area contributed by atoms with Crippen LogP contribution >= 0.6 is 0 Å². The van der Waals surface area contributed by atoms with Crippen LogP contribution in [0.1, 0.15) is 96.8 Å². The van der Waals surface area contributed by atoms with Gasteiger partial charge in [0.2, 0.25) is 0 Å². The van der Waals surface area contributed by atoms with Crippen molar-refractivity contribution in [3.05, 3.63) is 0 Å². The molecule has 4 nitrogen and oxygen atoms in total. The van der Waals surface area contributed by atoms with Crippen molar-refractivity contribution >= 4 is 11.9 Å². The molecule has 3 aliphatic carbocycles. The number of ether oxygens (including phenoxy) is 2. The Morgan fingerprint density at radius 3 is 1.75 bits per heavy atom. The Balaban J connectivity index is 1.35. The van der Waals surface area contributed by atoms with E-state index in [1.165, 1.54) is 58.5 Å². The number of rotatable bonds is 6. The molecule has 0 aromatic carbocycles. The standard InChI is InChI=1S/C24H40O4/c1-3-4-17-5-7-18(8-6-17)19-9-11-21(12-10-19)24(26)28-22-15-13-20(14-16-22)23(25)27-2/h17-22H,3-16H2,1-2H3. The minimum absolute atomic E-state index is 0.0000249. The Labute approximate surface area is 171 Å². The zero-order chi connectivity index (χ0) is 19.9. The fourth-order valence-electron chi connectivity index (χ4n) is 6.03. The highest BCUT2D eigenvalue weighted by molar-refractivity contribution is 5.73. The monoisotopic (exact) mass is 392 g/mol. The van der Waals surface area contributed by atoms with Gasteiger partial charge < -0.3 is 9.47 Å². The summed E-state index contributed by atoms with van der Waals surface area (Å²) in [6.45, 7) is 2.30. The molecule has 4 heteroatoms. The zero-order valence-corrected chi connectivity index (χ0v) is 18.0. The van der Waals surface area contributed by atoms with E-state index < -0.39 is 0 Å². The molecule has 0 radical (unpaired) electrons. The molecule has 0 bridgehead atoms. The Bertz CT molecular complexity index is 493. The summed E-state index contributed by atoms with van der Waals surface area (Å²) in [5, 5.41) is 0. The van der Waals surface area contributed by atoms with Crippen LogP contribution < -0.4 is 0 Å². The highest BCUT2D eigenvalue weighted by Crippen LogP contribution is 2.42. The summed E-state index contributed by atoms with van der Waals surface area (Å²) in [5.74, 6) is 2.70. The van der Waals surface area contributed by atoms with Gasteiger partial charge >= 0.3 is 11.9 Å². The Hall–Kier alpha value is -1.06. The summed E-state index contributed by atoms with van der Waals surface area (Å²) < 4.78 is 10.7. The first-order valence-electron chi connectivity index (χ1n) is 11.9. The van der Waals surface area contributed by atoms with Crippen molar-refractivity contribution in [3.8, 4) is 0 Å². The average Bonchev–Trinajstić information content (AvgIpc) is 2.74. The molecule has 3 saturated carbocycles. The summed E-state index contributed by atoms with van der Waals surface area (Å²) >= 11 is 0. The van der Waals surface area contributed by atoms with Gasteiger partial charge in [-0.15, -0.1) is 0 Å². The van der Waals surface area contributed by atoms with Crippen molar-refractivity contribution in [2.45, 2.75) is 103 Å². The fourth-order valence-corrected chi connectivity index (χ4v) is 6.03. The lowest BCUT2D eigenvalue weighted by Gasteiger charge is -2.37. The van der Waals surface area contributed by atoms with Crippen LogP contribution in [-0.4, -0.2) is 25.2 Å². The van der Waals surface area contributed by atoms with Crippen LogP contribution in [0.5, 0.6) is 0 Å². The maximum atomic E-state index is 12.6. The summed E-state index contributed by atoms with van der Waals surface area (Å²) in [4.78, 5) is 24.2. The highest BCUT2D eigenvalue weighted by Gasteiger charge is 2.35. The van der Waals surface area contributed by atoms with E-state index in [1.807, 2.05) is 0 Å². The second kappa shape index (κ2) is 10.6. The first-order chi connectivity index (χ1) is 13.6. The molecular formula is C24H40O4. The van der Waals surface area contributed by atoms with Crippen LogP contribution in [0.3, 0.4) is 0 Å². The van der Waals surface area contributed by atoms with Crippen molar-refractivity contribution in [2.24, 2.45) is 29.6 Å². The lowest BCUT2D eigenvalue weighted by molar-refractivity contribution is -0.159. The van der Waals surface area contributed by atoms with Gasteiger partial charge in [-0.1, -0.05) is 32.6 Å². The molecule has 3 fully saturated rings. The van der Waals surface area contributed by atoms with E-state index in [1.54, 1.807) is 0 Å². The molecule has 0 amide bonds. The third-order valence-corrected chi connectivity index (χ3v) is 7.85. The normalized spacial score (nSPS) is 36.5. The van der Waals surface area contributed by atoms with Gasteiger partial charge in [0.05, 0.1) is 18.9 Å². The molecule has 0 unspecified atom stereocenters. The van der Waals surface area contributed by atoms with E-state index >= 15 is 0 Å². The van der Waals surface area contributed by atoms with Gasteiger partial charge in [0, 0.05) is 0 Å². The van der Waals surface area contributed by atoms with Crippen LogP contribution in [0, 0.1) is 29.6 Å². The van der Waals surface area contributed by atoms with Crippen LogP contribution in [0.25, 0.3) is 0 Å². The van der Waals surface area contributed by atoms with Gasteiger partial charge in [0.25, 0.3) is 0 Å². The van der Waals surface area contributed by atoms with Gasteiger partial charge in [-0.2, -0.15) is 0 Å². The van der Waals surface area contributed by atoms with Crippen molar-refractivity contribution < 1.29 is 19.1 Å². The van der Waals surface area contributed by atoms with E-state index in [0.29, 0.717) is 0 Å². The zero-order valence-electron chi connectivity index (χ0n) is 18.0. The van der Waals surface area contributed by atoms with E-state index in [9.17, 15) is 9.59 Å². The number of esters is 2. The topological polar surface area (TPSA) is 52.6 Å². The number of carbonyl (C=O) groups excluding carboxylic acids is 2. The molecule has 3 aliphatic rings. The molecule has 0 heterocycles. The Morgan fingerprint density at radius 2 is 1.21 bits per heavy atom. The Kier molecular flexibility index (Phi) is 8.23. The molecule has 0 saturated heterocycles. The maximum Gasteiger partial charge on any atom is 0.309 e. The van der Waals surface area contributed by atoms with Crippen LogP contribution in [-0.2, 0) is 19.1 Å². The predicted molar refractivity (Wildman–Crippen MR) is 110 cm³/mol. The number of carbonyl (C=O) groups is 2. The van der Waals surface area contributed by atoms with Crippen LogP contribution in [0.2, 0.25) is 0 Å². The first kappa shape index (κ1) is 21.6. The van der Waals surface area contributed by atoms with Crippen molar-refractivity contribution in [3.63, 3.8) is 0 Å². The second-order valence-electron chi connectivity index (χ2n) is 9.61. The van der Waals surface area contributed by atoms with Crippen LogP contribution in [0.15, 0.2) is 0 Å².